The monoisotopic (exact) mass is 329 g/mol. The normalized spacial score (nSPS) is 22.4. The third-order valence-corrected chi connectivity index (χ3v) is 4.88. The molecule has 1 aliphatic heterocycles. The standard InChI is InChI=1S/C16H25Cl2N3/c1-4-19-15(16-11-20(2)7-8-21(16)3)10-12-9-13(17)5-6-14(12)18/h5-6,9,15-16,19H,4,7-8,10-11H2,1-3H3. The SMILES string of the molecule is CCNC(Cc1cc(Cl)ccc1Cl)C1CN(C)CCN1C. The van der Waals surface area contributed by atoms with Crippen molar-refractivity contribution < 1.29 is 0 Å². The van der Waals surface area contributed by atoms with E-state index in [0.29, 0.717) is 12.1 Å². The Bertz CT molecular complexity index is 467. The zero-order chi connectivity index (χ0) is 15.4. The van der Waals surface area contributed by atoms with Gasteiger partial charge in [0.25, 0.3) is 0 Å². The summed E-state index contributed by atoms with van der Waals surface area (Å²) < 4.78 is 0. The summed E-state index contributed by atoms with van der Waals surface area (Å²) in [7, 11) is 4.40. The first-order valence-electron chi connectivity index (χ1n) is 7.57. The van der Waals surface area contributed by atoms with E-state index in [9.17, 15) is 0 Å². The maximum absolute atomic E-state index is 6.33. The van der Waals surface area contributed by atoms with E-state index in [-0.39, 0.29) is 0 Å². The van der Waals surface area contributed by atoms with Gasteiger partial charge in [0, 0.05) is 41.8 Å². The fourth-order valence-electron chi connectivity index (χ4n) is 3.02. The lowest BCUT2D eigenvalue weighted by Gasteiger charge is -2.42. The Morgan fingerprint density at radius 1 is 1.29 bits per heavy atom. The summed E-state index contributed by atoms with van der Waals surface area (Å²) >= 11 is 12.5. The highest BCUT2D eigenvalue weighted by molar-refractivity contribution is 6.33. The van der Waals surface area contributed by atoms with Gasteiger partial charge in [0.15, 0.2) is 0 Å². The number of halogens is 2. The topological polar surface area (TPSA) is 18.5 Å². The van der Waals surface area contributed by atoms with Gasteiger partial charge in [0.2, 0.25) is 0 Å². The van der Waals surface area contributed by atoms with Crippen molar-refractivity contribution in [2.75, 3.05) is 40.3 Å². The molecule has 0 spiro atoms. The number of rotatable bonds is 5. The van der Waals surface area contributed by atoms with E-state index in [2.05, 4.69) is 36.1 Å². The average molecular weight is 330 g/mol. The Balaban J connectivity index is 2.16. The molecular formula is C16H25Cl2N3. The van der Waals surface area contributed by atoms with Crippen molar-refractivity contribution >= 4 is 23.2 Å². The van der Waals surface area contributed by atoms with Gasteiger partial charge < -0.3 is 10.2 Å². The zero-order valence-corrected chi connectivity index (χ0v) is 14.6. The van der Waals surface area contributed by atoms with Gasteiger partial charge in [-0.2, -0.15) is 0 Å². The Kier molecular flexibility index (Phi) is 6.33. The predicted octanol–water partition coefficient (Wildman–Crippen LogP) is 2.76. The molecular weight excluding hydrogens is 305 g/mol. The number of benzene rings is 1. The van der Waals surface area contributed by atoms with Gasteiger partial charge in [0.1, 0.15) is 0 Å². The van der Waals surface area contributed by atoms with Crippen molar-refractivity contribution in [2.45, 2.75) is 25.4 Å². The van der Waals surface area contributed by atoms with Gasteiger partial charge >= 0.3 is 0 Å². The number of hydrogen-bond acceptors (Lipinski definition) is 3. The highest BCUT2D eigenvalue weighted by Gasteiger charge is 2.29. The summed E-state index contributed by atoms with van der Waals surface area (Å²) in [5.74, 6) is 0. The molecule has 0 radical (unpaired) electrons. The van der Waals surface area contributed by atoms with E-state index < -0.39 is 0 Å². The lowest BCUT2D eigenvalue weighted by Crippen LogP contribution is -2.59. The van der Waals surface area contributed by atoms with Crippen LogP contribution in [0.3, 0.4) is 0 Å². The molecule has 1 aliphatic rings. The molecule has 2 rings (SSSR count). The van der Waals surface area contributed by atoms with Gasteiger partial charge in [-0.3, -0.25) is 4.90 Å². The first-order chi connectivity index (χ1) is 10.0. The Labute approximate surface area is 138 Å². The molecule has 118 valence electrons. The molecule has 2 unspecified atom stereocenters. The van der Waals surface area contributed by atoms with Crippen molar-refractivity contribution in [2.24, 2.45) is 0 Å². The van der Waals surface area contributed by atoms with Gasteiger partial charge in [-0.25, -0.2) is 0 Å². The summed E-state index contributed by atoms with van der Waals surface area (Å²) in [6.07, 6.45) is 0.899. The van der Waals surface area contributed by atoms with Crippen molar-refractivity contribution in [1.82, 2.24) is 15.1 Å². The van der Waals surface area contributed by atoms with Gasteiger partial charge in [0.05, 0.1) is 0 Å². The summed E-state index contributed by atoms with van der Waals surface area (Å²) in [5, 5.41) is 5.18. The Hall–Kier alpha value is -0.320. The van der Waals surface area contributed by atoms with Crippen LogP contribution in [0.25, 0.3) is 0 Å². The number of hydrogen-bond donors (Lipinski definition) is 1. The molecule has 0 aliphatic carbocycles. The molecule has 1 heterocycles. The second-order valence-corrected chi connectivity index (χ2v) is 6.76. The molecule has 3 nitrogen and oxygen atoms in total. The minimum absolute atomic E-state index is 0.374. The van der Waals surface area contributed by atoms with Gasteiger partial charge in [-0.05, 0) is 50.8 Å². The summed E-state index contributed by atoms with van der Waals surface area (Å²) in [6, 6.07) is 6.58. The van der Waals surface area contributed by atoms with Crippen LogP contribution in [0.4, 0.5) is 0 Å². The fourth-order valence-corrected chi connectivity index (χ4v) is 3.41. The smallest absolute Gasteiger partial charge is 0.0439 e. The van der Waals surface area contributed by atoms with Crippen LogP contribution in [0, 0.1) is 0 Å². The van der Waals surface area contributed by atoms with E-state index in [1.54, 1.807) is 0 Å². The van der Waals surface area contributed by atoms with E-state index in [4.69, 9.17) is 23.2 Å². The third-order valence-electron chi connectivity index (χ3n) is 4.28. The van der Waals surface area contributed by atoms with E-state index in [1.807, 2.05) is 18.2 Å². The van der Waals surface area contributed by atoms with Crippen LogP contribution in [-0.4, -0.2) is 62.2 Å². The molecule has 0 bridgehead atoms. The molecule has 2 atom stereocenters. The quantitative estimate of drug-likeness (QED) is 0.896. The van der Waals surface area contributed by atoms with Crippen LogP contribution in [0.2, 0.25) is 10.0 Å². The molecule has 1 N–H and O–H groups in total. The Morgan fingerprint density at radius 3 is 2.76 bits per heavy atom. The lowest BCUT2D eigenvalue weighted by atomic mass is 9.96. The minimum Gasteiger partial charge on any atom is -0.312 e. The molecule has 5 heteroatoms. The van der Waals surface area contributed by atoms with Crippen LogP contribution >= 0.6 is 23.2 Å². The third kappa shape index (κ3) is 4.57. The highest BCUT2D eigenvalue weighted by Crippen LogP contribution is 2.24. The molecule has 0 amide bonds. The van der Waals surface area contributed by atoms with Crippen LogP contribution in [0.15, 0.2) is 18.2 Å². The summed E-state index contributed by atoms with van der Waals surface area (Å²) in [4.78, 5) is 4.85. The maximum Gasteiger partial charge on any atom is 0.0439 e. The number of nitrogens with zero attached hydrogens (tertiary/aromatic N) is 2. The van der Waals surface area contributed by atoms with E-state index in [0.717, 1.165) is 48.2 Å². The molecule has 21 heavy (non-hydrogen) atoms. The minimum atomic E-state index is 0.374. The second kappa shape index (κ2) is 7.80. The first-order valence-corrected chi connectivity index (χ1v) is 8.33. The van der Waals surface area contributed by atoms with Crippen LogP contribution in [0.5, 0.6) is 0 Å². The number of likely N-dealkylation sites (N-methyl/N-ethyl adjacent to an activating group) is 3. The van der Waals surface area contributed by atoms with Gasteiger partial charge in [-0.15, -0.1) is 0 Å². The van der Waals surface area contributed by atoms with Crippen LogP contribution in [-0.2, 0) is 6.42 Å². The Morgan fingerprint density at radius 2 is 2.05 bits per heavy atom. The zero-order valence-electron chi connectivity index (χ0n) is 13.1. The van der Waals surface area contributed by atoms with E-state index in [1.165, 1.54) is 0 Å². The highest BCUT2D eigenvalue weighted by atomic mass is 35.5. The van der Waals surface area contributed by atoms with Crippen molar-refractivity contribution in [3.05, 3.63) is 33.8 Å². The largest absolute Gasteiger partial charge is 0.312 e. The molecule has 0 aromatic heterocycles. The van der Waals surface area contributed by atoms with Crippen molar-refractivity contribution in [3.63, 3.8) is 0 Å². The second-order valence-electron chi connectivity index (χ2n) is 5.91. The lowest BCUT2D eigenvalue weighted by molar-refractivity contribution is 0.0881. The van der Waals surface area contributed by atoms with Crippen molar-refractivity contribution in [3.8, 4) is 0 Å². The van der Waals surface area contributed by atoms with E-state index >= 15 is 0 Å². The van der Waals surface area contributed by atoms with Crippen LogP contribution in [0.1, 0.15) is 12.5 Å². The summed E-state index contributed by atoms with van der Waals surface area (Å²) in [6.45, 7) is 6.42. The predicted molar refractivity (Wildman–Crippen MR) is 91.5 cm³/mol. The molecule has 1 aromatic rings. The molecule has 1 saturated heterocycles. The van der Waals surface area contributed by atoms with Crippen molar-refractivity contribution in [1.29, 1.82) is 0 Å². The van der Waals surface area contributed by atoms with Gasteiger partial charge in [-0.1, -0.05) is 30.1 Å². The average Bonchev–Trinajstić information content (AvgIpc) is 2.45. The molecule has 0 saturated carbocycles. The number of nitrogens with one attached hydrogen (secondary N) is 1. The fraction of sp³-hybridized carbons (Fsp3) is 0.625. The molecule has 1 aromatic carbocycles. The summed E-state index contributed by atoms with van der Waals surface area (Å²) in [5.41, 5.74) is 1.12. The maximum atomic E-state index is 6.33. The van der Waals surface area contributed by atoms with Crippen LogP contribution < -0.4 is 5.32 Å². The number of piperazine rings is 1. The molecule has 1 fully saturated rings. The first kappa shape index (κ1) is 17.0.